The quantitative estimate of drug-likeness (QED) is 0.229. The molecule has 3 aliphatic carbocycles. The number of methoxy groups -OCH3 is 1. The summed E-state index contributed by atoms with van der Waals surface area (Å²) in [7, 11) is 1.45. The zero-order chi connectivity index (χ0) is 30.9. The number of likely N-dealkylation sites (tertiary alicyclic amines) is 1. The fourth-order valence-electron chi connectivity index (χ4n) is 7.86. The summed E-state index contributed by atoms with van der Waals surface area (Å²) in [6.45, 7) is 5.42. The monoisotopic (exact) mass is 622 g/mol. The number of alkyl halides is 3. The number of esters is 1. The minimum atomic E-state index is -4.26. The number of nitrogens with one attached hydrogen (secondary N) is 1. The molecule has 230 valence electrons. The Morgan fingerprint density at radius 3 is 2.61 bits per heavy atom. The molecule has 4 fully saturated rings. The van der Waals surface area contributed by atoms with Gasteiger partial charge in [-0.1, -0.05) is 6.07 Å². The molecule has 8 rings (SSSR count). The van der Waals surface area contributed by atoms with Crippen molar-refractivity contribution >= 4 is 44.2 Å². The number of aryl methyl sites for hydroxylation is 1. The normalized spacial score (nSPS) is 23.7. The lowest BCUT2D eigenvalue weighted by Crippen LogP contribution is -2.67. The van der Waals surface area contributed by atoms with Crippen LogP contribution in [0.15, 0.2) is 30.6 Å². The highest BCUT2D eigenvalue weighted by atomic mass is 32.1. The molecular weight excluding hydrogens is 589 g/mol. The number of halogens is 3. The number of carbonyl (C=O) groups is 1. The zero-order valence-corrected chi connectivity index (χ0v) is 25.4. The number of rotatable bonds is 8. The molecule has 1 saturated heterocycles. The molecule has 4 aromatic rings. The highest BCUT2D eigenvalue weighted by Gasteiger charge is 2.72. The minimum Gasteiger partial charge on any atom is -0.469 e. The van der Waals surface area contributed by atoms with Crippen LogP contribution >= 0.6 is 11.3 Å². The van der Waals surface area contributed by atoms with Crippen LogP contribution in [0.3, 0.4) is 0 Å². The fraction of sp³-hybridized carbons (Fsp3) is 0.500. The van der Waals surface area contributed by atoms with E-state index in [1.54, 1.807) is 6.07 Å². The van der Waals surface area contributed by atoms with Crippen molar-refractivity contribution in [1.29, 1.82) is 5.26 Å². The Labute approximate surface area is 256 Å². The lowest BCUT2D eigenvalue weighted by molar-refractivity contribution is -0.229. The Morgan fingerprint density at radius 1 is 1.18 bits per heavy atom. The minimum absolute atomic E-state index is 0.0725. The smallest absolute Gasteiger partial charge is 0.393 e. The molecule has 3 saturated carbocycles. The molecule has 0 spiro atoms. The van der Waals surface area contributed by atoms with E-state index in [2.05, 4.69) is 49.9 Å². The molecule has 1 N–H and O–H groups in total. The first kappa shape index (κ1) is 29.0. The molecule has 0 radical (unpaired) electrons. The van der Waals surface area contributed by atoms with Crippen molar-refractivity contribution in [2.75, 3.05) is 25.5 Å². The molecule has 44 heavy (non-hydrogen) atoms. The van der Waals surface area contributed by atoms with E-state index in [9.17, 15) is 23.2 Å². The molecule has 4 heterocycles. The number of anilines is 1. The van der Waals surface area contributed by atoms with E-state index in [1.165, 1.54) is 24.6 Å². The van der Waals surface area contributed by atoms with Crippen LogP contribution in [0.4, 0.5) is 19.0 Å². The van der Waals surface area contributed by atoms with Gasteiger partial charge in [-0.3, -0.25) is 9.69 Å². The fourth-order valence-corrected chi connectivity index (χ4v) is 8.89. The predicted octanol–water partition coefficient (Wildman–Crippen LogP) is 6.35. The van der Waals surface area contributed by atoms with E-state index in [0.717, 1.165) is 80.5 Å². The predicted molar refractivity (Wildman–Crippen MR) is 161 cm³/mol. The van der Waals surface area contributed by atoms with Gasteiger partial charge >= 0.3 is 12.1 Å². The van der Waals surface area contributed by atoms with Gasteiger partial charge in [0.15, 0.2) is 0 Å². The summed E-state index contributed by atoms with van der Waals surface area (Å²) >= 11 is 1.06. The van der Waals surface area contributed by atoms with Crippen LogP contribution in [0, 0.1) is 29.1 Å². The summed E-state index contributed by atoms with van der Waals surface area (Å²) in [5.41, 5.74) is 3.89. The third-order valence-corrected chi connectivity index (χ3v) is 11.0. The van der Waals surface area contributed by atoms with E-state index < -0.39 is 12.6 Å². The number of fused-ring (bicyclic) bond motifs is 2. The molecule has 1 aromatic carbocycles. The van der Waals surface area contributed by atoms with Crippen molar-refractivity contribution in [3.63, 3.8) is 0 Å². The Hall–Kier alpha value is -3.69. The van der Waals surface area contributed by atoms with Crippen molar-refractivity contribution in [3.05, 3.63) is 52.3 Å². The highest BCUT2D eigenvalue weighted by Crippen LogP contribution is 2.74. The summed E-state index contributed by atoms with van der Waals surface area (Å²) in [5.74, 6) is 0.487. The van der Waals surface area contributed by atoms with Gasteiger partial charge in [-0.05, 0) is 73.8 Å². The molecule has 0 unspecified atom stereocenters. The van der Waals surface area contributed by atoms with Crippen LogP contribution in [0.5, 0.6) is 0 Å². The maximum atomic E-state index is 12.9. The highest BCUT2D eigenvalue weighted by molar-refractivity contribution is 7.18. The number of thiophene rings is 1. The van der Waals surface area contributed by atoms with E-state index in [1.807, 2.05) is 6.07 Å². The van der Waals surface area contributed by atoms with E-state index >= 15 is 0 Å². The van der Waals surface area contributed by atoms with Gasteiger partial charge in [0, 0.05) is 48.0 Å². The summed E-state index contributed by atoms with van der Waals surface area (Å²) in [6.07, 6.45) is 0.442. The van der Waals surface area contributed by atoms with Gasteiger partial charge in [0.05, 0.1) is 24.3 Å². The van der Waals surface area contributed by atoms with Gasteiger partial charge < -0.3 is 14.6 Å². The second-order valence-corrected chi connectivity index (χ2v) is 14.1. The summed E-state index contributed by atoms with van der Waals surface area (Å²) in [5, 5.41) is 15.1. The molecule has 0 atom stereocenters. The van der Waals surface area contributed by atoms with Crippen molar-refractivity contribution in [3.8, 4) is 6.07 Å². The van der Waals surface area contributed by atoms with Gasteiger partial charge in [0.25, 0.3) is 0 Å². The molecule has 2 bridgehead atoms. The zero-order valence-electron chi connectivity index (χ0n) is 24.6. The Balaban J connectivity index is 0.999. The van der Waals surface area contributed by atoms with Gasteiger partial charge in [0.1, 0.15) is 28.7 Å². The first-order valence-corrected chi connectivity index (χ1v) is 15.7. The van der Waals surface area contributed by atoms with E-state index in [4.69, 9.17) is 4.74 Å². The number of hydrogen-bond acceptors (Lipinski definition) is 8. The number of benzene rings is 1. The van der Waals surface area contributed by atoms with Crippen LogP contribution in [0.2, 0.25) is 0 Å². The lowest BCUT2D eigenvalue weighted by atomic mass is 9.35. The van der Waals surface area contributed by atoms with Gasteiger partial charge in [-0.15, -0.1) is 11.3 Å². The number of piperidine rings is 1. The topological polar surface area (TPSA) is 96.1 Å². The first-order valence-electron chi connectivity index (χ1n) is 14.9. The van der Waals surface area contributed by atoms with Crippen molar-refractivity contribution in [2.24, 2.45) is 10.8 Å². The van der Waals surface area contributed by atoms with Crippen LogP contribution in [0.25, 0.3) is 21.1 Å². The Kier molecular flexibility index (Phi) is 6.90. The number of aromatic nitrogens is 3. The van der Waals surface area contributed by atoms with Crippen molar-refractivity contribution < 1.29 is 22.7 Å². The Morgan fingerprint density at radius 2 is 1.93 bits per heavy atom. The van der Waals surface area contributed by atoms with E-state index in [-0.39, 0.29) is 27.7 Å². The maximum absolute atomic E-state index is 12.9. The maximum Gasteiger partial charge on any atom is 0.393 e. The summed E-state index contributed by atoms with van der Waals surface area (Å²) in [4.78, 5) is 23.9. The molecule has 8 nitrogen and oxygen atoms in total. The van der Waals surface area contributed by atoms with Crippen LogP contribution in [-0.2, 0) is 29.0 Å². The third-order valence-electron chi connectivity index (χ3n) is 9.91. The average molecular weight is 623 g/mol. The third kappa shape index (κ3) is 5.00. The molecule has 1 aliphatic heterocycles. The van der Waals surface area contributed by atoms with Crippen LogP contribution in [0.1, 0.15) is 53.8 Å². The van der Waals surface area contributed by atoms with Gasteiger partial charge in [0.2, 0.25) is 0 Å². The van der Waals surface area contributed by atoms with Gasteiger partial charge in [-0.2, -0.15) is 18.4 Å². The number of nitriles is 1. The number of hydrogen-bond donors (Lipinski definition) is 1. The van der Waals surface area contributed by atoms with Crippen molar-refractivity contribution in [2.45, 2.75) is 70.8 Å². The Bertz CT molecular complexity index is 1790. The molecule has 3 aromatic heterocycles. The summed E-state index contributed by atoms with van der Waals surface area (Å²) < 4.78 is 45.9. The van der Waals surface area contributed by atoms with Gasteiger partial charge in [-0.25, -0.2) is 9.97 Å². The second kappa shape index (κ2) is 10.4. The van der Waals surface area contributed by atoms with Crippen LogP contribution < -0.4 is 5.32 Å². The second-order valence-electron chi connectivity index (χ2n) is 13.0. The standard InChI is InChI=1S/C32H33F3N6O2S/c1-19-20(3-4-26-24(19)9-22(12-36)41(26)17-30-14-31(15-30,16-30)29(42)43-2)13-40-7-5-21(6-8-40)39-27-25-10-23(11-32(33,34)35)44-28(25)38-18-37-27/h3-4,9-10,18,21H,5-8,11,13-17H2,1-2H3,(H,37,38,39). The molecule has 12 heteroatoms. The summed E-state index contributed by atoms with van der Waals surface area (Å²) in [6, 6.07) is 10.4. The van der Waals surface area contributed by atoms with Crippen LogP contribution in [-0.4, -0.2) is 57.8 Å². The number of nitrogens with zero attached hydrogens (tertiary/aromatic N) is 5. The number of ether oxygens (including phenoxy) is 1. The largest absolute Gasteiger partial charge is 0.469 e. The first-order chi connectivity index (χ1) is 21.0. The van der Waals surface area contributed by atoms with E-state index in [0.29, 0.717) is 21.7 Å². The molecule has 0 amide bonds. The number of carbonyl (C=O) groups excluding carboxylic acids is 1. The lowest BCUT2D eigenvalue weighted by Gasteiger charge is -2.68. The molecular formula is C32H33F3N6O2S. The average Bonchev–Trinajstić information content (AvgIpc) is 3.52. The molecule has 4 aliphatic rings. The SMILES string of the molecule is COC(=O)C12CC(Cn3c(C#N)cc4c(C)c(CN5CCC(Nc6ncnc7sc(CC(F)(F)F)cc67)CC5)ccc43)(C1)C2. The van der Waals surface area contributed by atoms with Crippen molar-refractivity contribution in [1.82, 2.24) is 19.4 Å².